The number of methoxy groups -OCH3 is 1. The second-order valence-corrected chi connectivity index (χ2v) is 7.83. The van der Waals surface area contributed by atoms with Crippen molar-refractivity contribution in [1.82, 2.24) is 5.32 Å². The Morgan fingerprint density at radius 2 is 1.53 bits per heavy atom. The van der Waals surface area contributed by atoms with Gasteiger partial charge in [0.15, 0.2) is 0 Å². The van der Waals surface area contributed by atoms with E-state index in [1.54, 1.807) is 60.7 Å². The fourth-order valence-electron chi connectivity index (χ4n) is 3.07. The fraction of sp³-hybridized carbons (Fsp3) is 0.160. The van der Waals surface area contributed by atoms with Gasteiger partial charge in [0.2, 0.25) is 11.8 Å². The number of rotatable bonds is 9. The van der Waals surface area contributed by atoms with Crippen LogP contribution in [-0.4, -0.2) is 37.9 Å². The lowest BCUT2D eigenvalue weighted by Crippen LogP contribution is -2.36. The number of ether oxygens (including phenoxy) is 1. The summed E-state index contributed by atoms with van der Waals surface area (Å²) in [4.78, 5) is 37.0. The first-order chi connectivity index (χ1) is 16.4. The van der Waals surface area contributed by atoms with Crippen LogP contribution in [0.5, 0.6) is 5.75 Å². The van der Waals surface area contributed by atoms with Crippen molar-refractivity contribution in [2.24, 2.45) is 0 Å². The van der Waals surface area contributed by atoms with Gasteiger partial charge in [-0.15, -0.1) is 0 Å². The van der Waals surface area contributed by atoms with E-state index < -0.39 is 0 Å². The van der Waals surface area contributed by atoms with Crippen molar-refractivity contribution in [3.63, 3.8) is 0 Å². The highest BCUT2D eigenvalue weighted by atomic mass is 35.5. The van der Waals surface area contributed by atoms with Gasteiger partial charge >= 0.3 is 0 Å². The molecule has 3 aromatic rings. The Labute approximate surface area is 202 Å². The number of halogens is 1. The minimum atomic E-state index is -0.384. The maximum Gasteiger partial charge on any atom is 0.255 e. The Morgan fingerprint density at radius 3 is 2.24 bits per heavy atom. The summed E-state index contributed by atoms with van der Waals surface area (Å²) in [5, 5.41) is 11.6. The van der Waals surface area contributed by atoms with Gasteiger partial charge in [-0.05, 0) is 61.0 Å². The normalized spacial score (nSPS) is 10.2. The minimum Gasteiger partial charge on any atom is -0.495 e. The molecule has 0 saturated carbocycles. The highest BCUT2D eigenvalue weighted by Gasteiger charge is 2.12. The molecule has 0 unspecified atom stereocenters. The van der Waals surface area contributed by atoms with E-state index in [0.717, 1.165) is 5.56 Å². The van der Waals surface area contributed by atoms with Crippen molar-refractivity contribution in [3.05, 3.63) is 82.9 Å². The van der Waals surface area contributed by atoms with Gasteiger partial charge in [-0.25, -0.2) is 0 Å². The molecule has 3 aromatic carbocycles. The number of anilines is 3. The molecule has 4 N–H and O–H groups in total. The lowest BCUT2D eigenvalue weighted by Gasteiger charge is -2.14. The molecule has 0 atom stereocenters. The van der Waals surface area contributed by atoms with Crippen molar-refractivity contribution in [1.29, 1.82) is 0 Å². The van der Waals surface area contributed by atoms with Crippen LogP contribution in [0.2, 0.25) is 5.02 Å². The highest BCUT2D eigenvalue weighted by molar-refractivity contribution is 6.30. The molecule has 0 aliphatic rings. The van der Waals surface area contributed by atoms with E-state index in [9.17, 15) is 14.4 Å². The summed E-state index contributed by atoms with van der Waals surface area (Å²) in [6.07, 6.45) is 0. The van der Waals surface area contributed by atoms with E-state index in [4.69, 9.17) is 16.3 Å². The van der Waals surface area contributed by atoms with Crippen LogP contribution in [0, 0.1) is 6.92 Å². The van der Waals surface area contributed by atoms with Crippen molar-refractivity contribution in [3.8, 4) is 5.75 Å². The topological polar surface area (TPSA) is 109 Å². The molecule has 0 radical (unpaired) electrons. The maximum atomic E-state index is 12.5. The summed E-state index contributed by atoms with van der Waals surface area (Å²) in [7, 11) is 1.52. The number of para-hydroxylation sites is 2. The number of hydrogen-bond donors (Lipinski definition) is 4. The molecule has 0 aliphatic carbocycles. The van der Waals surface area contributed by atoms with Crippen LogP contribution in [0.1, 0.15) is 15.9 Å². The first kappa shape index (κ1) is 24.6. The van der Waals surface area contributed by atoms with Gasteiger partial charge in [0.05, 0.1) is 37.3 Å². The average molecular weight is 481 g/mol. The van der Waals surface area contributed by atoms with E-state index in [-0.39, 0.29) is 30.8 Å². The van der Waals surface area contributed by atoms with Gasteiger partial charge in [-0.2, -0.15) is 0 Å². The maximum absolute atomic E-state index is 12.5. The van der Waals surface area contributed by atoms with Gasteiger partial charge in [0, 0.05) is 10.6 Å². The van der Waals surface area contributed by atoms with Crippen LogP contribution in [0.25, 0.3) is 0 Å². The average Bonchev–Trinajstić information content (AvgIpc) is 2.82. The second kappa shape index (κ2) is 11.7. The molecule has 0 aromatic heterocycles. The number of nitrogens with one attached hydrogen (secondary N) is 4. The number of hydrogen-bond acceptors (Lipinski definition) is 5. The van der Waals surface area contributed by atoms with E-state index >= 15 is 0 Å². The molecule has 8 nitrogen and oxygen atoms in total. The second-order valence-electron chi connectivity index (χ2n) is 7.39. The van der Waals surface area contributed by atoms with Crippen LogP contribution in [-0.2, 0) is 9.59 Å². The molecular weight excluding hydrogens is 456 g/mol. The molecule has 0 aliphatic heterocycles. The Bertz CT molecular complexity index is 1180. The molecule has 176 valence electrons. The summed E-state index contributed by atoms with van der Waals surface area (Å²) < 4.78 is 5.24. The van der Waals surface area contributed by atoms with Gasteiger partial charge in [0.1, 0.15) is 5.75 Å². The van der Waals surface area contributed by atoms with Gasteiger partial charge in [-0.3, -0.25) is 14.4 Å². The number of amides is 3. The number of benzene rings is 3. The molecule has 0 heterocycles. The Morgan fingerprint density at radius 1 is 0.824 bits per heavy atom. The van der Waals surface area contributed by atoms with E-state index in [0.29, 0.717) is 33.4 Å². The van der Waals surface area contributed by atoms with Crippen molar-refractivity contribution in [2.45, 2.75) is 6.92 Å². The highest BCUT2D eigenvalue weighted by Crippen LogP contribution is 2.25. The van der Waals surface area contributed by atoms with Crippen molar-refractivity contribution in [2.75, 3.05) is 36.1 Å². The van der Waals surface area contributed by atoms with Crippen LogP contribution < -0.4 is 26.0 Å². The summed E-state index contributed by atoms with van der Waals surface area (Å²) in [6.45, 7) is 1.61. The van der Waals surface area contributed by atoms with Gasteiger partial charge < -0.3 is 26.0 Å². The Balaban J connectivity index is 1.51. The monoisotopic (exact) mass is 480 g/mol. The Kier molecular flexibility index (Phi) is 8.48. The zero-order valence-corrected chi connectivity index (χ0v) is 19.5. The molecule has 34 heavy (non-hydrogen) atoms. The molecular formula is C25H25ClN4O4. The van der Waals surface area contributed by atoms with Crippen molar-refractivity contribution < 1.29 is 19.1 Å². The lowest BCUT2D eigenvalue weighted by molar-refractivity contribution is -0.122. The van der Waals surface area contributed by atoms with Gasteiger partial charge in [-0.1, -0.05) is 29.8 Å². The summed E-state index contributed by atoms with van der Waals surface area (Å²) >= 11 is 5.87. The third-order valence-corrected chi connectivity index (χ3v) is 5.05. The third-order valence-electron chi connectivity index (χ3n) is 4.80. The minimum absolute atomic E-state index is 0.0884. The van der Waals surface area contributed by atoms with Crippen LogP contribution in [0.4, 0.5) is 17.1 Å². The van der Waals surface area contributed by atoms with Crippen molar-refractivity contribution >= 4 is 46.4 Å². The molecule has 3 rings (SSSR count). The van der Waals surface area contributed by atoms with E-state index in [1.165, 1.54) is 7.11 Å². The van der Waals surface area contributed by atoms with Crippen LogP contribution in [0.15, 0.2) is 66.7 Å². The smallest absolute Gasteiger partial charge is 0.255 e. The first-order valence-electron chi connectivity index (χ1n) is 10.5. The molecule has 0 fully saturated rings. The van der Waals surface area contributed by atoms with E-state index in [1.807, 2.05) is 13.0 Å². The lowest BCUT2D eigenvalue weighted by atomic mass is 10.2. The Hall–Kier alpha value is -4.04. The fourth-order valence-corrected chi connectivity index (χ4v) is 3.20. The molecule has 0 saturated heterocycles. The predicted molar refractivity (Wildman–Crippen MR) is 134 cm³/mol. The van der Waals surface area contributed by atoms with Crippen LogP contribution >= 0.6 is 11.6 Å². The SMILES string of the molecule is COc1ccc(C)cc1NC(=O)CNC(=O)CNc1ccccc1NC(=O)c1ccc(Cl)cc1. The summed E-state index contributed by atoms with van der Waals surface area (Å²) in [5.74, 6) is -0.541. The van der Waals surface area contributed by atoms with E-state index in [2.05, 4.69) is 21.3 Å². The molecule has 0 spiro atoms. The summed E-state index contributed by atoms with van der Waals surface area (Å²) in [6, 6.07) is 18.9. The third kappa shape index (κ3) is 6.98. The molecule has 3 amide bonds. The number of carbonyl (C=O) groups excluding carboxylic acids is 3. The zero-order valence-electron chi connectivity index (χ0n) is 18.8. The largest absolute Gasteiger partial charge is 0.495 e. The zero-order chi connectivity index (χ0) is 24.5. The standard InChI is InChI=1S/C25H25ClN4O4/c1-16-7-12-22(34-2)21(13-16)29-24(32)15-28-23(31)14-27-19-5-3-4-6-20(19)30-25(33)17-8-10-18(26)11-9-17/h3-13,27H,14-15H2,1-2H3,(H,28,31)(H,29,32)(H,30,33). The predicted octanol–water partition coefficient (Wildman–Crippen LogP) is 4.08. The first-order valence-corrected chi connectivity index (χ1v) is 10.8. The molecule has 0 bridgehead atoms. The quantitative estimate of drug-likeness (QED) is 0.369. The van der Waals surface area contributed by atoms with Crippen LogP contribution in [0.3, 0.4) is 0 Å². The number of carbonyl (C=O) groups is 3. The molecule has 9 heteroatoms. The van der Waals surface area contributed by atoms with Gasteiger partial charge in [0.25, 0.3) is 5.91 Å². The summed E-state index contributed by atoms with van der Waals surface area (Å²) in [5.41, 5.74) is 3.03. The number of aryl methyl sites for hydroxylation is 1.